The third-order valence-corrected chi connectivity index (χ3v) is 7.12. The second-order valence-electron chi connectivity index (χ2n) is 10.3. The van der Waals surface area contributed by atoms with Crippen molar-refractivity contribution in [2.24, 2.45) is 5.92 Å². The molecule has 0 aliphatic heterocycles. The fourth-order valence-corrected chi connectivity index (χ4v) is 4.76. The van der Waals surface area contributed by atoms with Crippen LogP contribution in [0.3, 0.4) is 0 Å². The van der Waals surface area contributed by atoms with Crippen LogP contribution in [0, 0.1) is 18.7 Å². The quantitative estimate of drug-likeness (QED) is 0.190. The van der Waals surface area contributed by atoms with Crippen LogP contribution in [-0.2, 0) is 17.8 Å². The molecule has 42 heavy (non-hydrogen) atoms. The van der Waals surface area contributed by atoms with Gasteiger partial charge in [0, 0.05) is 35.7 Å². The summed E-state index contributed by atoms with van der Waals surface area (Å²) in [5.41, 5.74) is 1.37. The van der Waals surface area contributed by atoms with Crippen LogP contribution in [0.5, 0.6) is 17.2 Å². The molecule has 0 N–H and O–H groups in total. The van der Waals surface area contributed by atoms with Gasteiger partial charge in [-0.15, -0.1) is 0 Å². The lowest BCUT2D eigenvalue weighted by Crippen LogP contribution is -2.27. The minimum atomic E-state index is -0.655. The van der Waals surface area contributed by atoms with E-state index < -0.39 is 17.2 Å². The molecular weight excluding hydrogens is 537 g/mol. The number of pyridine rings is 1. The molecule has 0 saturated carbocycles. The van der Waals surface area contributed by atoms with E-state index in [9.17, 15) is 14.4 Å². The number of aromatic nitrogens is 3. The van der Waals surface area contributed by atoms with Gasteiger partial charge in [0.25, 0.3) is 5.56 Å². The Labute approximate surface area is 241 Å². The van der Waals surface area contributed by atoms with Crippen LogP contribution >= 0.6 is 0 Å². The molecule has 2 aromatic heterocycles. The van der Waals surface area contributed by atoms with Crippen molar-refractivity contribution in [1.82, 2.24) is 14.3 Å². The Kier molecular flexibility index (Phi) is 8.01. The summed E-state index contributed by atoms with van der Waals surface area (Å²) in [4.78, 5) is 44.0. The average Bonchev–Trinajstić information content (AvgIpc) is 3.23. The van der Waals surface area contributed by atoms with Gasteiger partial charge in [-0.25, -0.2) is 9.07 Å². The summed E-state index contributed by atoms with van der Waals surface area (Å²) in [7, 11) is 1.56. The summed E-state index contributed by atoms with van der Waals surface area (Å²) >= 11 is 0. The lowest BCUT2D eigenvalue weighted by Gasteiger charge is -2.14. The molecule has 0 amide bonds. The maximum Gasteiger partial charge on any atom is 0.282 e. The molecule has 0 spiro atoms. The molecule has 0 atom stereocenters. The standard InChI is InChI=1S/C33H30FN3O5/c1-20(2)29(39)19-36-21(3)32(33(40)37(36)23-8-6-5-7-9-23)28(38)17-22-10-13-31(26(34)16-22)42-30-14-15-35-27-18-24(41-4)11-12-25(27)30/h5-16,18,20H,17,19H2,1-4H3. The number of rotatable bonds is 10. The van der Waals surface area contributed by atoms with E-state index in [1.807, 2.05) is 6.07 Å². The normalized spacial score (nSPS) is 11.2. The zero-order chi connectivity index (χ0) is 30.0. The number of ether oxygens (including phenoxy) is 2. The van der Waals surface area contributed by atoms with Gasteiger partial charge in [0.15, 0.2) is 23.1 Å². The third-order valence-electron chi connectivity index (χ3n) is 7.12. The first-order chi connectivity index (χ1) is 20.2. The van der Waals surface area contributed by atoms with Crippen LogP contribution < -0.4 is 15.0 Å². The molecule has 2 heterocycles. The first-order valence-electron chi connectivity index (χ1n) is 13.5. The number of carbonyl (C=O) groups is 2. The molecular formula is C33H30FN3O5. The number of carbonyl (C=O) groups excluding carboxylic acids is 2. The molecule has 5 rings (SSSR count). The predicted molar refractivity (Wildman–Crippen MR) is 157 cm³/mol. The zero-order valence-corrected chi connectivity index (χ0v) is 23.8. The first kappa shape index (κ1) is 28.5. The zero-order valence-electron chi connectivity index (χ0n) is 23.8. The molecule has 5 aromatic rings. The maximum absolute atomic E-state index is 15.2. The molecule has 0 bridgehead atoms. The largest absolute Gasteiger partial charge is 0.497 e. The lowest BCUT2D eigenvalue weighted by atomic mass is 10.0. The average molecular weight is 568 g/mol. The van der Waals surface area contributed by atoms with Gasteiger partial charge in [-0.1, -0.05) is 38.1 Å². The molecule has 214 valence electrons. The second kappa shape index (κ2) is 11.8. The molecule has 0 unspecified atom stereocenters. The van der Waals surface area contributed by atoms with Crippen LogP contribution in [0.25, 0.3) is 16.6 Å². The molecule has 0 aliphatic carbocycles. The highest BCUT2D eigenvalue weighted by Crippen LogP contribution is 2.32. The van der Waals surface area contributed by atoms with Crippen LogP contribution in [0.2, 0.25) is 0 Å². The number of nitrogens with zero attached hydrogens (tertiary/aromatic N) is 3. The number of halogens is 1. The first-order valence-corrected chi connectivity index (χ1v) is 13.5. The van der Waals surface area contributed by atoms with Gasteiger partial charge in [0.1, 0.15) is 17.1 Å². The highest BCUT2D eigenvalue weighted by atomic mass is 19.1. The van der Waals surface area contributed by atoms with Crippen molar-refractivity contribution in [2.75, 3.05) is 7.11 Å². The highest BCUT2D eigenvalue weighted by molar-refractivity contribution is 5.98. The third kappa shape index (κ3) is 5.58. The number of para-hydroxylation sites is 1. The van der Waals surface area contributed by atoms with Crippen molar-refractivity contribution in [3.05, 3.63) is 112 Å². The SMILES string of the molecule is COc1ccc2c(Oc3ccc(CC(=O)c4c(C)n(CC(=O)C(C)C)n(-c5ccccc5)c4=O)cc3F)ccnc2c1. The number of benzene rings is 3. The number of fused-ring (bicyclic) bond motifs is 1. The van der Waals surface area contributed by atoms with Gasteiger partial charge in [-0.2, -0.15) is 0 Å². The molecule has 9 heteroatoms. The van der Waals surface area contributed by atoms with Crippen LogP contribution in [0.4, 0.5) is 4.39 Å². The number of ketones is 2. The van der Waals surface area contributed by atoms with Crippen LogP contribution in [0.1, 0.15) is 35.5 Å². The van der Waals surface area contributed by atoms with Crippen molar-refractivity contribution in [1.29, 1.82) is 0 Å². The van der Waals surface area contributed by atoms with Gasteiger partial charge in [-0.3, -0.25) is 24.0 Å². The van der Waals surface area contributed by atoms with Crippen LogP contribution in [-0.4, -0.2) is 33.0 Å². The van der Waals surface area contributed by atoms with E-state index in [1.165, 1.54) is 16.8 Å². The molecule has 0 radical (unpaired) electrons. The minimum absolute atomic E-state index is 0.0181. The summed E-state index contributed by atoms with van der Waals surface area (Å²) in [5.74, 6) is -0.412. The molecule has 3 aromatic carbocycles. The number of Topliss-reactive ketones (excluding diaryl/α,β-unsaturated/α-hetero) is 2. The Morgan fingerprint density at radius 3 is 2.43 bits per heavy atom. The van der Waals surface area contributed by atoms with E-state index in [1.54, 1.807) is 93.4 Å². The van der Waals surface area contributed by atoms with Crippen molar-refractivity contribution in [2.45, 2.75) is 33.7 Å². The summed E-state index contributed by atoms with van der Waals surface area (Å²) in [6.07, 6.45) is 1.36. The monoisotopic (exact) mass is 567 g/mol. The van der Waals surface area contributed by atoms with Gasteiger partial charge >= 0.3 is 0 Å². The maximum atomic E-state index is 15.2. The molecule has 0 fully saturated rings. The fraction of sp³-hybridized carbons (Fsp3) is 0.212. The second-order valence-corrected chi connectivity index (χ2v) is 10.3. The minimum Gasteiger partial charge on any atom is -0.497 e. The van der Waals surface area contributed by atoms with E-state index in [4.69, 9.17) is 9.47 Å². The summed E-state index contributed by atoms with van der Waals surface area (Å²) in [5, 5.41) is 0.683. The number of hydrogen-bond donors (Lipinski definition) is 0. The van der Waals surface area contributed by atoms with Gasteiger partial charge in [0.2, 0.25) is 0 Å². The van der Waals surface area contributed by atoms with Gasteiger partial charge in [0.05, 0.1) is 24.9 Å². The van der Waals surface area contributed by atoms with Gasteiger partial charge < -0.3 is 9.47 Å². The number of hydrogen-bond acceptors (Lipinski definition) is 6. The highest BCUT2D eigenvalue weighted by Gasteiger charge is 2.25. The Bertz CT molecular complexity index is 1860. The molecule has 0 aliphatic rings. The summed E-state index contributed by atoms with van der Waals surface area (Å²) in [6, 6.07) is 20.1. The van der Waals surface area contributed by atoms with Crippen molar-refractivity contribution < 1.29 is 23.5 Å². The van der Waals surface area contributed by atoms with E-state index in [2.05, 4.69) is 4.98 Å². The molecule has 8 nitrogen and oxygen atoms in total. The Morgan fingerprint density at radius 2 is 1.74 bits per heavy atom. The van der Waals surface area contributed by atoms with E-state index in [-0.39, 0.29) is 36.0 Å². The Hall–Kier alpha value is -5.05. The van der Waals surface area contributed by atoms with Crippen molar-refractivity contribution >= 4 is 22.5 Å². The van der Waals surface area contributed by atoms with Gasteiger partial charge in [-0.05, 0) is 55.0 Å². The van der Waals surface area contributed by atoms with Crippen molar-refractivity contribution in [3.63, 3.8) is 0 Å². The summed E-state index contributed by atoms with van der Waals surface area (Å²) < 4.78 is 29.2. The van der Waals surface area contributed by atoms with E-state index in [0.29, 0.717) is 39.3 Å². The Balaban J connectivity index is 1.43. The van der Waals surface area contributed by atoms with E-state index >= 15 is 4.39 Å². The van der Waals surface area contributed by atoms with Crippen molar-refractivity contribution in [3.8, 4) is 22.9 Å². The smallest absolute Gasteiger partial charge is 0.282 e. The summed E-state index contributed by atoms with van der Waals surface area (Å²) in [6.45, 7) is 5.16. The fourth-order valence-electron chi connectivity index (χ4n) is 4.76. The Morgan fingerprint density at radius 1 is 0.976 bits per heavy atom. The van der Waals surface area contributed by atoms with E-state index in [0.717, 1.165) is 0 Å². The predicted octanol–water partition coefficient (Wildman–Crippen LogP) is 6.09. The molecule has 0 saturated heterocycles. The van der Waals surface area contributed by atoms with Crippen LogP contribution in [0.15, 0.2) is 83.8 Å². The lowest BCUT2D eigenvalue weighted by molar-refractivity contribution is -0.122. The number of methoxy groups -OCH3 is 1. The topological polar surface area (TPSA) is 92.4 Å².